The topological polar surface area (TPSA) is 3.24 Å². The van der Waals surface area contributed by atoms with Gasteiger partial charge in [0.15, 0.2) is 0 Å². The van der Waals surface area contributed by atoms with Crippen LogP contribution in [0.1, 0.15) is 31.7 Å². The van der Waals surface area contributed by atoms with Crippen molar-refractivity contribution in [3.63, 3.8) is 0 Å². The van der Waals surface area contributed by atoms with Crippen LogP contribution in [0.2, 0.25) is 0 Å². The highest BCUT2D eigenvalue weighted by atomic mass is 35.5. The Hall–Kier alpha value is -0.530. The fraction of sp³-hybridized carbons (Fsp3) is 0.625. The lowest BCUT2D eigenvalue weighted by Gasteiger charge is -2.24. The van der Waals surface area contributed by atoms with Gasteiger partial charge in [-0.3, -0.25) is 4.90 Å². The van der Waals surface area contributed by atoms with Crippen molar-refractivity contribution in [2.24, 2.45) is 5.92 Å². The van der Waals surface area contributed by atoms with Gasteiger partial charge in [-0.25, -0.2) is 0 Å². The SMILES string of the molecule is CC1CCN(CCCCc2ccccc2)C1CCl. The second kappa shape index (κ2) is 7.16. The van der Waals surface area contributed by atoms with Crippen molar-refractivity contribution in [2.45, 2.75) is 38.6 Å². The van der Waals surface area contributed by atoms with Crippen LogP contribution in [0.3, 0.4) is 0 Å². The molecule has 0 bridgehead atoms. The predicted octanol–water partition coefficient (Wildman–Crippen LogP) is 3.96. The van der Waals surface area contributed by atoms with E-state index < -0.39 is 0 Å². The number of rotatable bonds is 6. The van der Waals surface area contributed by atoms with Crippen molar-refractivity contribution in [3.8, 4) is 0 Å². The molecule has 0 aromatic heterocycles. The minimum Gasteiger partial charge on any atom is -0.299 e. The third kappa shape index (κ3) is 3.73. The van der Waals surface area contributed by atoms with Crippen molar-refractivity contribution in [1.29, 1.82) is 0 Å². The van der Waals surface area contributed by atoms with E-state index in [0.717, 1.165) is 11.8 Å². The second-order valence-electron chi connectivity index (χ2n) is 5.47. The number of nitrogens with zero attached hydrogens (tertiary/aromatic N) is 1. The van der Waals surface area contributed by atoms with Crippen LogP contribution in [0.4, 0.5) is 0 Å². The molecule has 1 aliphatic heterocycles. The Morgan fingerprint density at radius 2 is 2.00 bits per heavy atom. The molecule has 0 saturated carbocycles. The minimum atomic E-state index is 0.614. The molecule has 0 radical (unpaired) electrons. The van der Waals surface area contributed by atoms with E-state index in [0.29, 0.717) is 6.04 Å². The summed E-state index contributed by atoms with van der Waals surface area (Å²) in [6.45, 7) is 4.79. The van der Waals surface area contributed by atoms with Crippen LogP contribution in [0.15, 0.2) is 30.3 Å². The molecule has 2 unspecified atom stereocenters. The summed E-state index contributed by atoms with van der Waals surface area (Å²) in [5.74, 6) is 1.57. The number of likely N-dealkylation sites (tertiary alicyclic amines) is 1. The summed E-state index contributed by atoms with van der Waals surface area (Å²) < 4.78 is 0. The van der Waals surface area contributed by atoms with Gasteiger partial charge >= 0.3 is 0 Å². The third-order valence-corrected chi connectivity index (χ3v) is 4.48. The van der Waals surface area contributed by atoms with Gasteiger partial charge in [-0.15, -0.1) is 11.6 Å². The zero-order valence-electron chi connectivity index (χ0n) is 11.3. The van der Waals surface area contributed by atoms with E-state index in [4.69, 9.17) is 11.6 Å². The lowest BCUT2D eigenvalue weighted by molar-refractivity contribution is 0.245. The minimum absolute atomic E-state index is 0.614. The molecule has 18 heavy (non-hydrogen) atoms. The summed E-state index contributed by atoms with van der Waals surface area (Å²) >= 11 is 6.06. The molecule has 1 aromatic rings. The van der Waals surface area contributed by atoms with E-state index in [2.05, 4.69) is 42.2 Å². The monoisotopic (exact) mass is 265 g/mol. The first-order chi connectivity index (χ1) is 8.81. The summed E-state index contributed by atoms with van der Waals surface area (Å²) in [5, 5.41) is 0. The second-order valence-corrected chi connectivity index (χ2v) is 5.77. The van der Waals surface area contributed by atoms with Crippen LogP contribution < -0.4 is 0 Å². The maximum Gasteiger partial charge on any atom is 0.0382 e. The molecule has 1 nitrogen and oxygen atoms in total. The highest BCUT2D eigenvalue weighted by Crippen LogP contribution is 2.25. The van der Waals surface area contributed by atoms with E-state index >= 15 is 0 Å². The van der Waals surface area contributed by atoms with E-state index in [1.807, 2.05) is 0 Å². The van der Waals surface area contributed by atoms with E-state index in [1.165, 1.54) is 44.3 Å². The number of unbranched alkanes of at least 4 members (excludes halogenated alkanes) is 1. The van der Waals surface area contributed by atoms with Gasteiger partial charge in [0.05, 0.1) is 0 Å². The first kappa shape index (κ1) is 13.9. The van der Waals surface area contributed by atoms with Gasteiger partial charge in [0.1, 0.15) is 0 Å². The third-order valence-electron chi connectivity index (χ3n) is 4.16. The van der Waals surface area contributed by atoms with Crippen LogP contribution >= 0.6 is 11.6 Å². The number of aryl methyl sites for hydroxylation is 1. The lowest BCUT2D eigenvalue weighted by atomic mass is 10.0. The van der Waals surface area contributed by atoms with E-state index in [-0.39, 0.29) is 0 Å². The van der Waals surface area contributed by atoms with Crippen molar-refractivity contribution < 1.29 is 0 Å². The van der Waals surface area contributed by atoms with Gasteiger partial charge in [-0.1, -0.05) is 37.3 Å². The van der Waals surface area contributed by atoms with Gasteiger partial charge in [0.2, 0.25) is 0 Å². The molecule has 0 amide bonds. The molecule has 100 valence electrons. The van der Waals surface area contributed by atoms with Crippen molar-refractivity contribution in [1.82, 2.24) is 4.90 Å². The Balaban J connectivity index is 1.67. The first-order valence-corrected chi connectivity index (χ1v) is 7.68. The molecule has 0 spiro atoms. The van der Waals surface area contributed by atoms with Gasteiger partial charge < -0.3 is 0 Å². The average molecular weight is 266 g/mol. The molecule has 1 heterocycles. The molecule has 2 atom stereocenters. The fourth-order valence-corrected chi connectivity index (χ4v) is 3.40. The summed E-state index contributed by atoms with van der Waals surface area (Å²) in [6.07, 6.45) is 5.09. The van der Waals surface area contributed by atoms with E-state index in [1.54, 1.807) is 0 Å². The summed E-state index contributed by atoms with van der Waals surface area (Å²) in [4.78, 5) is 2.59. The maximum absolute atomic E-state index is 6.06. The van der Waals surface area contributed by atoms with Crippen LogP contribution in [0.25, 0.3) is 0 Å². The van der Waals surface area contributed by atoms with E-state index in [9.17, 15) is 0 Å². The molecule has 2 rings (SSSR count). The largest absolute Gasteiger partial charge is 0.299 e. The highest BCUT2D eigenvalue weighted by molar-refractivity contribution is 6.18. The Labute approximate surface area is 116 Å². The van der Waals surface area contributed by atoms with Gasteiger partial charge in [0.25, 0.3) is 0 Å². The molecule has 1 fully saturated rings. The lowest BCUT2D eigenvalue weighted by Crippen LogP contribution is -2.34. The number of hydrogen-bond donors (Lipinski definition) is 0. The molecular weight excluding hydrogens is 242 g/mol. The maximum atomic E-state index is 6.06. The Kier molecular flexibility index (Phi) is 5.52. The Bertz CT molecular complexity index is 338. The first-order valence-electron chi connectivity index (χ1n) is 7.15. The van der Waals surface area contributed by atoms with Crippen LogP contribution in [-0.4, -0.2) is 29.9 Å². The Morgan fingerprint density at radius 1 is 1.22 bits per heavy atom. The quantitative estimate of drug-likeness (QED) is 0.556. The molecular formula is C16H24ClN. The van der Waals surface area contributed by atoms with Gasteiger partial charge in [-0.05, 0) is 50.3 Å². The molecule has 1 saturated heterocycles. The smallest absolute Gasteiger partial charge is 0.0382 e. The number of benzene rings is 1. The number of alkyl halides is 1. The summed E-state index contributed by atoms with van der Waals surface area (Å²) in [5.41, 5.74) is 1.46. The standard InChI is InChI=1S/C16H24ClN/c1-14-10-12-18(16(14)13-17)11-6-5-9-15-7-3-2-4-8-15/h2-4,7-8,14,16H,5-6,9-13H2,1H3. The van der Waals surface area contributed by atoms with Crippen LogP contribution in [0, 0.1) is 5.92 Å². The number of hydrogen-bond acceptors (Lipinski definition) is 1. The molecule has 0 N–H and O–H groups in total. The summed E-state index contributed by atoms with van der Waals surface area (Å²) in [7, 11) is 0. The van der Waals surface area contributed by atoms with Crippen LogP contribution in [-0.2, 0) is 6.42 Å². The zero-order valence-corrected chi connectivity index (χ0v) is 12.1. The normalized spacial score (nSPS) is 24.6. The fourth-order valence-electron chi connectivity index (χ4n) is 2.90. The molecule has 1 aliphatic rings. The van der Waals surface area contributed by atoms with Crippen LogP contribution in [0.5, 0.6) is 0 Å². The molecule has 1 aromatic carbocycles. The van der Waals surface area contributed by atoms with Crippen molar-refractivity contribution in [2.75, 3.05) is 19.0 Å². The highest BCUT2D eigenvalue weighted by Gasteiger charge is 2.29. The van der Waals surface area contributed by atoms with Crippen molar-refractivity contribution in [3.05, 3.63) is 35.9 Å². The summed E-state index contributed by atoms with van der Waals surface area (Å²) in [6, 6.07) is 11.4. The average Bonchev–Trinajstić information content (AvgIpc) is 2.76. The molecule has 0 aliphatic carbocycles. The van der Waals surface area contributed by atoms with Gasteiger partial charge in [0, 0.05) is 11.9 Å². The molecule has 2 heteroatoms. The van der Waals surface area contributed by atoms with Crippen molar-refractivity contribution >= 4 is 11.6 Å². The number of halogens is 1. The Morgan fingerprint density at radius 3 is 2.72 bits per heavy atom. The zero-order chi connectivity index (χ0) is 12.8. The van der Waals surface area contributed by atoms with Gasteiger partial charge in [-0.2, -0.15) is 0 Å². The predicted molar refractivity (Wildman–Crippen MR) is 79.2 cm³/mol.